The van der Waals surface area contributed by atoms with Gasteiger partial charge in [-0.05, 0) is 17.3 Å². The summed E-state index contributed by atoms with van der Waals surface area (Å²) in [4.78, 5) is 12.1. The van der Waals surface area contributed by atoms with Crippen molar-refractivity contribution in [2.45, 2.75) is 77.8 Å². The summed E-state index contributed by atoms with van der Waals surface area (Å²) in [5.74, 6) is -31.1. The molecule has 1 atom stereocenters. The quantitative estimate of drug-likeness (QED) is 0.306. The van der Waals surface area contributed by atoms with Crippen LogP contribution >= 0.6 is 0 Å². The van der Waals surface area contributed by atoms with E-state index in [4.69, 9.17) is 0 Å². The zero-order chi connectivity index (χ0) is 24.8. The van der Waals surface area contributed by atoms with Gasteiger partial charge in [-0.1, -0.05) is 41.5 Å². The Morgan fingerprint density at radius 3 is 1.40 bits per heavy atom. The van der Waals surface area contributed by atoms with Crippen LogP contribution in [0.25, 0.3) is 0 Å². The fourth-order valence-corrected chi connectivity index (χ4v) is 2.31. The maximum Gasteiger partial charge on any atom is 0.460 e. The van der Waals surface area contributed by atoms with E-state index in [1.165, 1.54) is 20.8 Å². The standard InChI is InChI=1S/C17H23F11O2/c1-11(2,3)7-9(12(4,5)6)10(29)30-8-13(18,19)14(20,21)15(22,23)16(24,25)17(26,27)28/h9H,7-8H2,1-6H3. The molecular formula is C17H23F11O2. The third-order valence-corrected chi connectivity index (χ3v) is 4.15. The molecule has 2 nitrogen and oxygen atoms in total. The second-order valence-corrected chi connectivity index (χ2v) is 9.22. The fourth-order valence-electron chi connectivity index (χ4n) is 2.31. The first-order valence-electron chi connectivity index (χ1n) is 8.47. The maximum absolute atomic E-state index is 13.7. The van der Waals surface area contributed by atoms with Crippen molar-refractivity contribution in [3.8, 4) is 0 Å². The summed E-state index contributed by atoms with van der Waals surface area (Å²) in [7, 11) is 0. The van der Waals surface area contributed by atoms with Crippen LogP contribution in [-0.4, -0.2) is 42.4 Å². The molecule has 0 heterocycles. The third kappa shape index (κ3) is 5.68. The van der Waals surface area contributed by atoms with Crippen LogP contribution < -0.4 is 0 Å². The zero-order valence-electron chi connectivity index (χ0n) is 17.0. The van der Waals surface area contributed by atoms with Gasteiger partial charge in [-0.15, -0.1) is 0 Å². The van der Waals surface area contributed by atoms with Gasteiger partial charge >= 0.3 is 35.8 Å². The lowest BCUT2D eigenvalue weighted by molar-refractivity contribution is -0.424. The lowest BCUT2D eigenvalue weighted by Crippen LogP contribution is -2.67. The Hall–Kier alpha value is -1.30. The minimum absolute atomic E-state index is 0.0143. The van der Waals surface area contributed by atoms with E-state index in [0.29, 0.717) is 0 Å². The van der Waals surface area contributed by atoms with Gasteiger partial charge < -0.3 is 4.74 Å². The predicted molar refractivity (Wildman–Crippen MR) is 83.8 cm³/mol. The van der Waals surface area contributed by atoms with E-state index in [-0.39, 0.29) is 6.42 Å². The summed E-state index contributed by atoms with van der Waals surface area (Å²) in [5, 5.41) is 0. The summed E-state index contributed by atoms with van der Waals surface area (Å²) >= 11 is 0. The van der Waals surface area contributed by atoms with E-state index >= 15 is 0 Å². The highest BCUT2D eigenvalue weighted by atomic mass is 19.4. The molecule has 0 N–H and O–H groups in total. The molecule has 0 bridgehead atoms. The molecule has 0 fully saturated rings. The molecule has 0 aliphatic heterocycles. The highest BCUT2D eigenvalue weighted by Gasteiger charge is 2.87. The van der Waals surface area contributed by atoms with Crippen molar-refractivity contribution in [1.82, 2.24) is 0 Å². The van der Waals surface area contributed by atoms with Gasteiger partial charge in [0.15, 0.2) is 6.61 Å². The molecule has 0 radical (unpaired) electrons. The summed E-state index contributed by atoms with van der Waals surface area (Å²) in [6, 6.07) is 0. The number of rotatable bonds is 7. The number of alkyl halides is 11. The molecule has 0 spiro atoms. The van der Waals surface area contributed by atoms with E-state index in [1.807, 2.05) is 0 Å². The highest BCUT2D eigenvalue weighted by Crippen LogP contribution is 2.57. The summed E-state index contributed by atoms with van der Waals surface area (Å²) < 4.78 is 147. The monoisotopic (exact) mass is 468 g/mol. The van der Waals surface area contributed by atoms with Crippen molar-refractivity contribution in [3.05, 3.63) is 0 Å². The number of halogens is 11. The first kappa shape index (κ1) is 28.7. The molecule has 0 aromatic carbocycles. The SMILES string of the molecule is CC(C)(C)CC(C(=O)OCC(F)(F)C(F)(F)C(F)(F)C(F)(F)C(F)(F)F)C(C)(C)C. The molecule has 0 saturated carbocycles. The Kier molecular flexibility index (Phi) is 7.65. The maximum atomic E-state index is 13.7. The molecule has 0 aromatic heterocycles. The van der Waals surface area contributed by atoms with Gasteiger partial charge in [0.25, 0.3) is 0 Å². The van der Waals surface area contributed by atoms with E-state index in [0.717, 1.165) is 0 Å². The largest absolute Gasteiger partial charge is 0.460 e. The zero-order valence-corrected chi connectivity index (χ0v) is 17.0. The van der Waals surface area contributed by atoms with Gasteiger partial charge in [0, 0.05) is 0 Å². The van der Waals surface area contributed by atoms with Crippen LogP contribution in [0.3, 0.4) is 0 Å². The Labute approximate surface area is 166 Å². The number of carbonyl (C=O) groups is 1. The summed E-state index contributed by atoms with van der Waals surface area (Å²) in [5.41, 5.74) is -1.55. The second kappa shape index (κ2) is 7.99. The van der Waals surface area contributed by atoms with Crippen LogP contribution in [-0.2, 0) is 9.53 Å². The number of carbonyl (C=O) groups excluding carboxylic acids is 1. The molecule has 0 aliphatic rings. The van der Waals surface area contributed by atoms with Crippen LogP contribution in [0, 0.1) is 16.7 Å². The topological polar surface area (TPSA) is 26.3 Å². The molecule has 0 saturated heterocycles. The Balaban J connectivity index is 5.78. The van der Waals surface area contributed by atoms with Gasteiger partial charge in [-0.3, -0.25) is 4.79 Å². The summed E-state index contributed by atoms with van der Waals surface area (Å²) in [6.45, 7) is 6.50. The van der Waals surface area contributed by atoms with Crippen molar-refractivity contribution >= 4 is 5.97 Å². The van der Waals surface area contributed by atoms with Crippen molar-refractivity contribution < 1.29 is 57.8 Å². The molecule has 13 heteroatoms. The molecule has 0 rings (SSSR count). The molecule has 30 heavy (non-hydrogen) atoms. The van der Waals surface area contributed by atoms with Crippen molar-refractivity contribution in [3.63, 3.8) is 0 Å². The molecule has 180 valence electrons. The highest BCUT2D eigenvalue weighted by molar-refractivity contribution is 5.73. The lowest BCUT2D eigenvalue weighted by atomic mass is 9.72. The predicted octanol–water partition coefficient (Wildman–Crippen LogP) is 6.73. The smallest absolute Gasteiger partial charge is 0.459 e. The van der Waals surface area contributed by atoms with Crippen LogP contribution in [0.4, 0.5) is 48.3 Å². The van der Waals surface area contributed by atoms with E-state index in [2.05, 4.69) is 4.74 Å². The molecular weight excluding hydrogens is 445 g/mol. The average Bonchev–Trinajstić information content (AvgIpc) is 2.46. The van der Waals surface area contributed by atoms with E-state index in [9.17, 15) is 53.1 Å². The second-order valence-electron chi connectivity index (χ2n) is 9.22. The van der Waals surface area contributed by atoms with Crippen molar-refractivity contribution in [2.24, 2.45) is 16.7 Å². The van der Waals surface area contributed by atoms with Gasteiger partial charge in [-0.2, -0.15) is 48.3 Å². The van der Waals surface area contributed by atoms with Crippen molar-refractivity contribution in [1.29, 1.82) is 0 Å². The first-order chi connectivity index (χ1) is 12.7. The Morgan fingerprint density at radius 2 is 1.10 bits per heavy atom. The summed E-state index contributed by atoms with van der Waals surface area (Å²) in [6.07, 6.45) is -7.25. The molecule has 0 aliphatic carbocycles. The number of hydrogen-bond donors (Lipinski definition) is 0. The van der Waals surface area contributed by atoms with E-state index in [1.54, 1.807) is 20.8 Å². The van der Waals surface area contributed by atoms with Crippen LogP contribution in [0.15, 0.2) is 0 Å². The third-order valence-electron chi connectivity index (χ3n) is 4.15. The molecule has 0 aromatic rings. The molecule has 1 unspecified atom stereocenters. The lowest BCUT2D eigenvalue weighted by Gasteiger charge is -2.37. The van der Waals surface area contributed by atoms with Crippen LogP contribution in [0.5, 0.6) is 0 Å². The minimum Gasteiger partial charge on any atom is -0.459 e. The van der Waals surface area contributed by atoms with Gasteiger partial charge in [0.1, 0.15) is 0 Å². The van der Waals surface area contributed by atoms with Gasteiger partial charge in [-0.25, -0.2) is 0 Å². The number of esters is 1. The Morgan fingerprint density at radius 1 is 0.700 bits per heavy atom. The number of ether oxygens (including phenoxy) is 1. The van der Waals surface area contributed by atoms with E-state index < -0.39 is 59.2 Å². The van der Waals surface area contributed by atoms with Gasteiger partial charge in [0.05, 0.1) is 5.92 Å². The molecule has 0 amide bonds. The normalized spacial score (nSPS) is 16.4. The van der Waals surface area contributed by atoms with Crippen LogP contribution in [0.2, 0.25) is 0 Å². The van der Waals surface area contributed by atoms with Gasteiger partial charge in [0.2, 0.25) is 0 Å². The van der Waals surface area contributed by atoms with Crippen molar-refractivity contribution in [2.75, 3.05) is 6.61 Å². The number of hydrogen-bond acceptors (Lipinski definition) is 2. The average molecular weight is 468 g/mol. The first-order valence-corrected chi connectivity index (χ1v) is 8.47. The Bertz CT molecular complexity index is 611. The minimum atomic E-state index is -7.52. The van der Waals surface area contributed by atoms with Crippen LogP contribution in [0.1, 0.15) is 48.0 Å². The fraction of sp³-hybridized carbons (Fsp3) is 0.941.